The van der Waals surface area contributed by atoms with Crippen molar-refractivity contribution in [3.05, 3.63) is 88.2 Å². The number of fused-ring (bicyclic) bond motifs is 3. The zero-order valence-electron chi connectivity index (χ0n) is 27.6. The van der Waals surface area contributed by atoms with E-state index in [9.17, 15) is 19.5 Å². The van der Waals surface area contributed by atoms with Crippen molar-refractivity contribution >= 4 is 36.8 Å². The van der Waals surface area contributed by atoms with Crippen LogP contribution in [-0.4, -0.2) is 72.4 Å². The second kappa shape index (κ2) is 12.0. The number of ether oxygens (including phenoxy) is 2. The van der Waals surface area contributed by atoms with E-state index in [0.717, 1.165) is 23.9 Å². The van der Waals surface area contributed by atoms with Crippen LogP contribution in [0.4, 0.5) is 9.80 Å². The van der Waals surface area contributed by atoms with Crippen molar-refractivity contribution in [2.75, 3.05) is 25.2 Å². The molecule has 1 aromatic heterocycles. The number of rotatable bonds is 8. The van der Waals surface area contributed by atoms with Crippen LogP contribution in [0.5, 0.6) is 5.75 Å². The van der Waals surface area contributed by atoms with Crippen molar-refractivity contribution in [3.8, 4) is 11.4 Å². The number of aliphatic hydroxyl groups excluding tert-OH is 1. The molecule has 4 heterocycles. The van der Waals surface area contributed by atoms with Crippen molar-refractivity contribution in [2.24, 2.45) is 5.92 Å². The van der Waals surface area contributed by atoms with Crippen LogP contribution >= 0.6 is 0 Å². The lowest BCUT2D eigenvalue weighted by Gasteiger charge is -2.31. The minimum absolute atomic E-state index is 0.0680. The number of aliphatic hydroxyl groups is 1. The number of amides is 2. The molecule has 2 N–H and O–H groups in total. The molecule has 12 heteroatoms. The highest BCUT2D eigenvalue weighted by Gasteiger charge is 2.67. The Hall–Kier alpha value is -4.26. The first-order chi connectivity index (χ1) is 23.0. The second-order valence-electron chi connectivity index (χ2n) is 13.8. The second-order valence-corrected chi connectivity index (χ2v) is 17.6. The van der Waals surface area contributed by atoms with Crippen LogP contribution < -0.4 is 15.2 Å². The van der Waals surface area contributed by atoms with Crippen LogP contribution in [0, 0.1) is 5.92 Å². The zero-order valence-corrected chi connectivity index (χ0v) is 28.6. The molecule has 2 saturated heterocycles. The molecule has 3 aliphatic rings. The van der Waals surface area contributed by atoms with Gasteiger partial charge in [0.25, 0.3) is 11.5 Å². The van der Waals surface area contributed by atoms with E-state index in [0.29, 0.717) is 34.6 Å². The summed E-state index contributed by atoms with van der Waals surface area (Å²) in [6, 6.07) is 19.9. The smallest absolute Gasteiger partial charge is 0.279 e. The van der Waals surface area contributed by atoms with Crippen LogP contribution in [0.15, 0.2) is 71.5 Å². The number of halogens is 1. The first-order valence-electron chi connectivity index (χ1n) is 16.5. The summed E-state index contributed by atoms with van der Waals surface area (Å²) in [5.74, 6) is -0.552. The summed E-state index contributed by atoms with van der Waals surface area (Å²) in [6.45, 7) is 5.68. The van der Waals surface area contributed by atoms with Crippen molar-refractivity contribution in [3.63, 3.8) is 0 Å². The molecule has 2 fully saturated rings. The SMILES string of the molecule is COc1ccc2c(c1)[C@@]1(O[C@H](CC(=O)N3CCC[C@H]3CO)[C@@H]([Si](C)(C)F)[C@@H]1C)C(=O)N2Cc1cccc(-n2[nH]c3ccccc3c2=O)c1. The number of methoxy groups -OCH3 is 1. The van der Waals surface area contributed by atoms with E-state index in [1.54, 1.807) is 48.2 Å². The van der Waals surface area contributed by atoms with Gasteiger partial charge in [-0.1, -0.05) is 31.2 Å². The number of anilines is 1. The van der Waals surface area contributed by atoms with Gasteiger partial charge in [-0.2, -0.15) is 0 Å². The van der Waals surface area contributed by atoms with Crippen molar-refractivity contribution < 1.29 is 28.3 Å². The Bertz CT molecular complexity index is 1950. The Balaban J connectivity index is 1.26. The summed E-state index contributed by atoms with van der Waals surface area (Å²) in [4.78, 5) is 45.0. The first-order valence-corrected chi connectivity index (χ1v) is 19.5. The topological polar surface area (TPSA) is 117 Å². The number of benzene rings is 3. The number of H-pyrrole nitrogens is 1. The van der Waals surface area contributed by atoms with Gasteiger partial charge >= 0.3 is 0 Å². The van der Waals surface area contributed by atoms with Gasteiger partial charge in [-0.3, -0.25) is 19.5 Å². The molecule has 5 atom stereocenters. The van der Waals surface area contributed by atoms with E-state index in [1.807, 2.05) is 55.5 Å². The van der Waals surface area contributed by atoms with Gasteiger partial charge in [0.05, 0.1) is 61.1 Å². The molecule has 0 radical (unpaired) electrons. The molecule has 3 aromatic carbocycles. The predicted molar refractivity (Wildman–Crippen MR) is 183 cm³/mol. The van der Waals surface area contributed by atoms with Gasteiger partial charge in [0.2, 0.25) is 14.3 Å². The minimum Gasteiger partial charge on any atom is -0.497 e. The molecule has 0 unspecified atom stereocenters. The molecular formula is C36H41FN4O6Si. The highest BCUT2D eigenvalue weighted by atomic mass is 28.4. The Kier molecular flexibility index (Phi) is 8.08. The highest BCUT2D eigenvalue weighted by molar-refractivity contribution is 6.72. The molecule has 7 rings (SSSR count). The normalized spacial score (nSPS) is 25.4. The number of nitrogens with one attached hydrogen (secondary N) is 1. The Morgan fingerprint density at radius 1 is 1.12 bits per heavy atom. The molecule has 252 valence electrons. The third kappa shape index (κ3) is 5.08. The summed E-state index contributed by atoms with van der Waals surface area (Å²) in [5, 5.41) is 13.6. The predicted octanol–water partition coefficient (Wildman–Crippen LogP) is 5.02. The molecule has 3 aliphatic heterocycles. The number of nitrogens with zero attached hydrogens (tertiary/aromatic N) is 3. The number of hydrogen-bond acceptors (Lipinski definition) is 6. The van der Waals surface area contributed by atoms with Crippen molar-refractivity contribution in [2.45, 2.75) is 69.1 Å². The zero-order chi connectivity index (χ0) is 34.0. The fourth-order valence-electron chi connectivity index (χ4n) is 8.37. The molecular weight excluding hydrogens is 632 g/mol. The maximum Gasteiger partial charge on any atom is 0.279 e. The fourth-order valence-corrected chi connectivity index (χ4v) is 10.9. The van der Waals surface area contributed by atoms with Gasteiger partial charge < -0.3 is 28.5 Å². The van der Waals surface area contributed by atoms with E-state index in [1.165, 1.54) is 4.68 Å². The van der Waals surface area contributed by atoms with Crippen LogP contribution in [0.2, 0.25) is 18.6 Å². The Morgan fingerprint density at radius 3 is 2.65 bits per heavy atom. The maximum atomic E-state index is 16.3. The Labute approximate surface area is 279 Å². The molecule has 0 bridgehead atoms. The average Bonchev–Trinajstić information content (AvgIpc) is 3.81. The fraction of sp³-hybridized carbons (Fsp3) is 0.417. The average molecular weight is 673 g/mol. The quantitative estimate of drug-likeness (QED) is 0.201. The summed E-state index contributed by atoms with van der Waals surface area (Å²) in [5.41, 5.74) is 1.01. The summed E-state index contributed by atoms with van der Waals surface area (Å²) < 4.78 is 30.2. The lowest BCUT2D eigenvalue weighted by Crippen LogP contribution is -2.45. The van der Waals surface area contributed by atoms with E-state index < -0.39 is 31.6 Å². The molecule has 4 aromatic rings. The highest BCUT2D eigenvalue weighted by Crippen LogP contribution is 2.60. The van der Waals surface area contributed by atoms with Crippen molar-refractivity contribution in [1.29, 1.82) is 0 Å². The van der Waals surface area contributed by atoms with E-state index in [2.05, 4.69) is 5.10 Å². The van der Waals surface area contributed by atoms with Gasteiger partial charge in [-0.15, -0.1) is 0 Å². The summed E-state index contributed by atoms with van der Waals surface area (Å²) in [6.07, 6.45) is 0.630. The van der Waals surface area contributed by atoms with Crippen LogP contribution in [0.25, 0.3) is 16.6 Å². The van der Waals surface area contributed by atoms with Crippen molar-refractivity contribution in [1.82, 2.24) is 14.7 Å². The van der Waals surface area contributed by atoms with E-state index in [-0.39, 0.29) is 43.0 Å². The van der Waals surface area contributed by atoms with Crippen LogP contribution in [0.1, 0.15) is 37.3 Å². The van der Waals surface area contributed by atoms with Gasteiger partial charge in [0, 0.05) is 23.6 Å². The van der Waals surface area contributed by atoms with Crippen LogP contribution in [-0.2, 0) is 26.5 Å². The molecule has 10 nitrogen and oxygen atoms in total. The number of aromatic nitrogens is 2. The number of para-hydroxylation sites is 1. The lowest BCUT2D eigenvalue weighted by atomic mass is 9.82. The monoisotopic (exact) mass is 672 g/mol. The molecule has 0 aliphatic carbocycles. The molecule has 1 spiro atoms. The van der Waals surface area contributed by atoms with Gasteiger partial charge in [0.15, 0.2) is 5.60 Å². The van der Waals surface area contributed by atoms with E-state index >= 15 is 4.11 Å². The third-order valence-corrected chi connectivity index (χ3v) is 13.0. The third-order valence-electron chi connectivity index (χ3n) is 10.6. The number of hydrogen-bond donors (Lipinski definition) is 2. The number of aromatic amines is 1. The molecule has 2 amide bonds. The lowest BCUT2D eigenvalue weighted by molar-refractivity contribution is -0.150. The van der Waals surface area contributed by atoms with Gasteiger partial charge in [-0.05, 0) is 74.0 Å². The van der Waals surface area contributed by atoms with E-state index in [4.69, 9.17) is 9.47 Å². The number of carbonyl (C=O) groups excluding carboxylic acids is 2. The molecule has 48 heavy (non-hydrogen) atoms. The van der Waals surface area contributed by atoms with Gasteiger partial charge in [-0.25, -0.2) is 4.68 Å². The number of carbonyl (C=O) groups is 2. The minimum atomic E-state index is -3.49. The Morgan fingerprint density at radius 2 is 1.92 bits per heavy atom. The van der Waals surface area contributed by atoms with Crippen LogP contribution in [0.3, 0.4) is 0 Å². The number of likely N-dealkylation sites (tertiary alicyclic amines) is 1. The standard InChI is InChI=1S/C36H41FN4O6Si/c1-22-33(48(3,4)37)31(19-32(43)39-16-8-11-25(39)21-42)47-36(22)28-18-26(46-2)14-15-30(28)40(35(36)45)20-23-9-7-10-24(17-23)41-34(44)27-12-5-6-13-29(27)38-41/h5-7,9-10,12-15,17-18,22,25,31,33,38,42H,8,11,16,19-21H2,1-4H3/t22-,25-,31+,33-,36+/m0/s1. The molecule has 0 saturated carbocycles. The largest absolute Gasteiger partial charge is 0.497 e. The first kappa shape index (κ1) is 32.3. The maximum absolute atomic E-state index is 16.3. The summed E-state index contributed by atoms with van der Waals surface area (Å²) >= 11 is 0. The van der Waals surface area contributed by atoms with Gasteiger partial charge in [0.1, 0.15) is 5.75 Å². The summed E-state index contributed by atoms with van der Waals surface area (Å²) in [7, 11) is -1.94.